The molecule has 1 fully saturated rings. The monoisotopic (exact) mass is 284 g/mol. The first kappa shape index (κ1) is 17.0. The van der Waals surface area contributed by atoms with Crippen molar-refractivity contribution in [3.8, 4) is 0 Å². The fraction of sp³-hybridized carbons (Fsp3) is 0.867. The van der Waals surface area contributed by atoms with Gasteiger partial charge in [0.05, 0.1) is 12.0 Å². The van der Waals surface area contributed by atoms with Crippen LogP contribution in [0.4, 0.5) is 0 Å². The topological polar surface area (TPSA) is 69.6 Å². The molecule has 5 heteroatoms. The molecule has 20 heavy (non-hydrogen) atoms. The first-order valence-electron chi connectivity index (χ1n) is 7.52. The van der Waals surface area contributed by atoms with E-state index in [1.807, 2.05) is 13.8 Å². The highest BCUT2D eigenvalue weighted by Gasteiger charge is 2.39. The van der Waals surface area contributed by atoms with E-state index in [4.69, 9.17) is 0 Å². The number of nitrogens with one attached hydrogen (secondary N) is 1. The van der Waals surface area contributed by atoms with Gasteiger partial charge < -0.3 is 10.4 Å². The molecule has 0 aromatic heterocycles. The van der Waals surface area contributed by atoms with Gasteiger partial charge in [-0.2, -0.15) is 0 Å². The highest BCUT2D eigenvalue weighted by atomic mass is 16.4. The van der Waals surface area contributed by atoms with Crippen molar-refractivity contribution in [1.82, 2.24) is 10.2 Å². The zero-order chi connectivity index (χ0) is 15.3. The van der Waals surface area contributed by atoms with Crippen LogP contribution >= 0.6 is 0 Å². The molecule has 1 aliphatic heterocycles. The first-order chi connectivity index (χ1) is 9.27. The van der Waals surface area contributed by atoms with Gasteiger partial charge in [-0.3, -0.25) is 14.5 Å². The minimum absolute atomic E-state index is 0.0353. The standard InChI is InChI=1S/C15H28N2O3/c1-5-11(2)16-13(18)10-17-8-6-7-12(9-17)15(3,4)14(19)20/h11-12H,5-10H2,1-4H3,(H,16,18)(H,19,20). The minimum atomic E-state index is -0.756. The normalized spacial score (nSPS) is 22.3. The SMILES string of the molecule is CCC(C)NC(=O)CN1CCCC(C(C)(C)C(=O)O)C1. The number of carbonyl (C=O) groups is 2. The lowest BCUT2D eigenvalue weighted by atomic mass is 9.74. The van der Waals surface area contributed by atoms with Crippen LogP contribution in [0.1, 0.15) is 47.0 Å². The van der Waals surface area contributed by atoms with Gasteiger partial charge in [0.25, 0.3) is 0 Å². The molecule has 0 radical (unpaired) electrons. The Bertz CT molecular complexity index is 355. The van der Waals surface area contributed by atoms with Gasteiger partial charge in [0.2, 0.25) is 5.91 Å². The Morgan fingerprint density at radius 3 is 2.65 bits per heavy atom. The summed E-state index contributed by atoms with van der Waals surface area (Å²) in [5.41, 5.74) is -0.730. The van der Waals surface area contributed by atoms with Crippen molar-refractivity contribution >= 4 is 11.9 Å². The van der Waals surface area contributed by atoms with Crippen LogP contribution in [0.3, 0.4) is 0 Å². The highest BCUT2D eigenvalue weighted by Crippen LogP contribution is 2.34. The van der Waals surface area contributed by atoms with Crippen molar-refractivity contribution in [2.45, 2.75) is 53.0 Å². The maximum atomic E-state index is 11.9. The number of hydrogen-bond donors (Lipinski definition) is 2. The van der Waals surface area contributed by atoms with Gasteiger partial charge in [-0.1, -0.05) is 6.92 Å². The predicted octanol–water partition coefficient (Wildman–Crippen LogP) is 1.72. The number of rotatable bonds is 6. The molecule has 0 saturated carbocycles. The molecule has 0 spiro atoms. The van der Waals surface area contributed by atoms with Gasteiger partial charge in [0.1, 0.15) is 0 Å². The number of aliphatic carboxylic acids is 1. The van der Waals surface area contributed by atoms with Gasteiger partial charge in [0.15, 0.2) is 0 Å². The largest absolute Gasteiger partial charge is 0.481 e. The number of carboxylic acid groups (broad SMARTS) is 1. The average molecular weight is 284 g/mol. The van der Waals surface area contributed by atoms with E-state index in [1.165, 1.54) is 0 Å². The Balaban J connectivity index is 2.53. The second-order valence-corrected chi connectivity index (χ2v) is 6.48. The van der Waals surface area contributed by atoms with E-state index >= 15 is 0 Å². The molecule has 2 unspecified atom stereocenters. The Morgan fingerprint density at radius 1 is 1.45 bits per heavy atom. The third-order valence-corrected chi connectivity index (χ3v) is 4.46. The molecule has 1 heterocycles. The zero-order valence-corrected chi connectivity index (χ0v) is 13.1. The van der Waals surface area contributed by atoms with E-state index in [0.29, 0.717) is 13.1 Å². The molecule has 1 saturated heterocycles. The van der Waals surface area contributed by atoms with Gasteiger partial charge in [-0.25, -0.2) is 0 Å². The molecule has 1 rings (SSSR count). The number of amides is 1. The molecular formula is C15H28N2O3. The Morgan fingerprint density at radius 2 is 2.10 bits per heavy atom. The van der Waals surface area contributed by atoms with Gasteiger partial charge >= 0.3 is 5.97 Å². The molecule has 2 N–H and O–H groups in total. The lowest BCUT2D eigenvalue weighted by Crippen LogP contribution is -2.48. The number of carboxylic acids is 1. The fourth-order valence-electron chi connectivity index (χ4n) is 2.59. The van der Waals surface area contributed by atoms with Crippen molar-refractivity contribution in [3.63, 3.8) is 0 Å². The highest BCUT2D eigenvalue weighted by molar-refractivity contribution is 5.78. The Hall–Kier alpha value is -1.10. The molecule has 2 atom stereocenters. The summed E-state index contributed by atoms with van der Waals surface area (Å²) in [6, 6.07) is 0.193. The van der Waals surface area contributed by atoms with E-state index in [9.17, 15) is 14.7 Å². The van der Waals surface area contributed by atoms with Crippen molar-refractivity contribution < 1.29 is 14.7 Å². The van der Waals surface area contributed by atoms with Crippen LogP contribution in [0, 0.1) is 11.3 Å². The lowest BCUT2D eigenvalue weighted by molar-refractivity contribution is -0.151. The number of likely N-dealkylation sites (tertiary alicyclic amines) is 1. The molecular weight excluding hydrogens is 256 g/mol. The van der Waals surface area contributed by atoms with Gasteiger partial charge in [-0.05, 0) is 52.5 Å². The summed E-state index contributed by atoms with van der Waals surface area (Å²) in [5.74, 6) is -0.619. The van der Waals surface area contributed by atoms with Crippen molar-refractivity contribution in [2.75, 3.05) is 19.6 Å². The summed E-state index contributed by atoms with van der Waals surface area (Å²) in [4.78, 5) is 25.3. The van der Waals surface area contributed by atoms with Gasteiger partial charge in [-0.15, -0.1) is 0 Å². The van der Waals surface area contributed by atoms with E-state index in [1.54, 1.807) is 13.8 Å². The van der Waals surface area contributed by atoms with Gasteiger partial charge in [0, 0.05) is 12.6 Å². The third-order valence-electron chi connectivity index (χ3n) is 4.46. The zero-order valence-electron chi connectivity index (χ0n) is 13.1. The van der Waals surface area contributed by atoms with Crippen molar-refractivity contribution in [1.29, 1.82) is 0 Å². The smallest absolute Gasteiger partial charge is 0.309 e. The summed E-state index contributed by atoms with van der Waals surface area (Å²) >= 11 is 0. The summed E-state index contributed by atoms with van der Waals surface area (Å²) in [5, 5.41) is 12.3. The maximum Gasteiger partial charge on any atom is 0.309 e. The molecule has 0 aliphatic carbocycles. The number of hydrogen-bond acceptors (Lipinski definition) is 3. The van der Waals surface area contributed by atoms with Crippen LogP contribution in [0.25, 0.3) is 0 Å². The fourth-order valence-corrected chi connectivity index (χ4v) is 2.59. The van der Waals surface area contributed by atoms with Crippen LogP contribution < -0.4 is 5.32 Å². The quantitative estimate of drug-likeness (QED) is 0.779. The minimum Gasteiger partial charge on any atom is -0.481 e. The van der Waals surface area contributed by atoms with E-state index in [-0.39, 0.29) is 17.9 Å². The summed E-state index contributed by atoms with van der Waals surface area (Å²) in [6.45, 7) is 9.52. The van der Waals surface area contributed by atoms with Crippen LogP contribution in [0.5, 0.6) is 0 Å². The Kier molecular flexibility index (Phi) is 5.99. The molecule has 0 aromatic rings. The van der Waals surface area contributed by atoms with E-state index in [0.717, 1.165) is 25.8 Å². The molecule has 0 aromatic carbocycles. The summed E-state index contributed by atoms with van der Waals surface area (Å²) in [7, 11) is 0. The summed E-state index contributed by atoms with van der Waals surface area (Å²) in [6.07, 6.45) is 2.79. The van der Waals surface area contributed by atoms with Crippen LogP contribution in [0.2, 0.25) is 0 Å². The number of piperidine rings is 1. The average Bonchev–Trinajstić information content (AvgIpc) is 2.38. The molecule has 1 amide bonds. The lowest BCUT2D eigenvalue weighted by Gasteiger charge is -2.39. The van der Waals surface area contributed by atoms with Crippen LogP contribution in [-0.4, -0.2) is 47.6 Å². The molecule has 0 bridgehead atoms. The third kappa shape index (κ3) is 4.47. The molecule has 5 nitrogen and oxygen atoms in total. The maximum absolute atomic E-state index is 11.9. The second kappa shape index (κ2) is 7.07. The summed E-state index contributed by atoms with van der Waals surface area (Å²) < 4.78 is 0. The van der Waals surface area contributed by atoms with E-state index < -0.39 is 11.4 Å². The first-order valence-corrected chi connectivity index (χ1v) is 7.52. The Labute approximate surface area is 121 Å². The number of carbonyl (C=O) groups excluding carboxylic acids is 1. The van der Waals surface area contributed by atoms with Crippen molar-refractivity contribution in [3.05, 3.63) is 0 Å². The molecule has 116 valence electrons. The van der Waals surface area contributed by atoms with Crippen molar-refractivity contribution in [2.24, 2.45) is 11.3 Å². The van der Waals surface area contributed by atoms with Crippen LogP contribution in [-0.2, 0) is 9.59 Å². The number of nitrogens with zero attached hydrogens (tertiary/aromatic N) is 1. The van der Waals surface area contributed by atoms with E-state index in [2.05, 4.69) is 10.2 Å². The van der Waals surface area contributed by atoms with Crippen LogP contribution in [0.15, 0.2) is 0 Å². The molecule has 1 aliphatic rings. The predicted molar refractivity (Wildman–Crippen MR) is 78.5 cm³/mol. The second-order valence-electron chi connectivity index (χ2n) is 6.48.